The van der Waals surface area contributed by atoms with Crippen molar-refractivity contribution in [3.05, 3.63) is 41.2 Å². The Balaban J connectivity index is 1.93. The summed E-state index contributed by atoms with van der Waals surface area (Å²) in [5, 5.41) is 0.682. The van der Waals surface area contributed by atoms with Gasteiger partial charge in [0.25, 0.3) is 0 Å². The second-order valence-electron chi connectivity index (χ2n) is 5.68. The summed E-state index contributed by atoms with van der Waals surface area (Å²) in [5.41, 5.74) is 9.07. The van der Waals surface area contributed by atoms with Gasteiger partial charge in [-0.25, -0.2) is 9.97 Å². The van der Waals surface area contributed by atoms with E-state index in [9.17, 15) is 0 Å². The van der Waals surface area contributed by atoms with E-state index in [4.69, 9.17) is 22.3 Å². The normalized spacial score (nSPS) is 16.0. The minimum Gasteiger partial charge on any atom is -0.369 e. The topological polar surface area (TPSA) is 55.0 Å². The number of hydrogen-bond donors (Lipinski definition) is 1. The Kier molecular flexibility index (Phi) is 4.60. The summed E-state index contributed by atoms with van der Waals surface area (Å²) in [6, 6.07) is 8.01. The smallest absolute Gasteiger partial charge is 0.161 e. The molecule has 1 aromatic heterocycles. The number of aryl methyl sites for hydroxylation is 1. The minimum absolute atomic E-state index is 0.324. The lowest BCUT2D eigenvalue weighted by Crippen LogP contribution is -2.40. The van der Waals surface area contributed by atoms with E-state index in [0.29, 0.717) is 16.9 Å². The molecule has 0 atom stereocenters. The van der Waals surface area contributed by atoms with E-state index in [1.165, 1.54) is 0 Å². The first-order valence-electron chi connectivity index (χ1n) is 7.80. The summed E-state index contributed by atoms with van der Waals surface area (Å²) in [6.45, 7) is 4.07. The van der Waals surface area contributed by atoms with Crippen LogP contribution in [0.15, 0.2) is 30.5 Å². The monoisotopic (exact) mass is 316 g/mol. The van der Waals surface area contributed by atoms with Crippen LogP contribution in [0.2, 0.25) is 5.02 Å². The van der Waals surface area contributed by atoms with Crippen molar-refractivity contribution < 1.29 is 0 Å². The molecule has 2 aromatic rings. The van der Waals surface area contributed by atoms with Gasteiger partial charge in [0, 0.05) is 24.7 Å². The Morgan fingerprint density at radius 3 is 2.68 bits per heavy atom. The fourth-order valence-corrected chi connectivity index (χ4v) is 3.07. The maximum atomic E-state index is 6.25. The van der Waals surface area contributed by atoms with Gasteiger partial charge >= 0.3 is 0 Å². The Labute approximate surface area is 136 Å². The van der Waals surface area contributed by atoms with Gasteiger partial charge in [0.1, 0.15) is 0 Å². The average Bonchev–Trinajstić information content (AvgIpc) is 2.55. The molecule has 0 aliphatic carbocycles. The highest BCUT2D eigenvalue weighted by molar-refractivity contribution is 6.33. The molecule has 0 radical (unpaired) electrons. The predicted octanol–water partition coefficient (Wildman–Crippen LogP) is 3.29. The average molecular weight is 317 g/mol. The third kappa shape index (κ3) is 3.08. The zero-order valence-electron chi connectivity index (χ0n) is 12.8. The summed E-state index contributed by atoms with van der Waals surface area (Å²) in [4.78, 5) is 11.6. The number of anilines is 1. The van der Waals surface area contributed by atoms with Crippen LogP contribution < -0.4 is 10.6 Å². The molecule has 3 rings (SSSR count). The standard InChI is InChI=1S/C17H21ClN4/c1-2-15-16(22-9-7-12(19)8-10-22)11-20-17(21-15)13-5-3-4-6-14(13)18/h3-6,11-12H,2,7-10,19H2,1H3. The molecule has 0 amide bonds. The highest BCUT2D eigenvalue weighted by atomic mass is 35.5. The van der Waals surface area contributed by atoms with Crippen molar-refractivity contribution in [2.24, 2.45) is 5.73 Å². The summed E-state index contributed by atoms with van der Waals surface area (Å²) in [7, 11) is 0. The van der Waals surface area contributed by atoms with Gasteiger partial charge in [-0.3, -0.25) is 0 Å². The number of aromatic nitrogens is 2. The first-order chi connectivity index (χ1) is 10.7. The lowest BCUT2D eigenvalue weighted by Gasteiger charge is -2.32. The van der Waals surface area contributed by atoms with Crippen molar-refractivity contribution in [1.29, 1.82) is 0 Å². The molecule has 0 spiro atoms. The second-order valence-corrected chi connectivity index (χ2v) is 6.09. The van der Waals surface area contributed by atoms with Crippen molar-refractivity contribution in [2.75, 3.05) is 18.0 Å². The molecule has 1 aliphatic heterocycles. The first kappa shape index (κ1) is 15.3. The maximum absolute atomic E-state index is 6.25. The van der Waals surface area contributed by atoms with Crippen LogP contribution in [-0.2, 0) is 6.42 Å². The Morgan fingerprint density at radius 1 is 1.27 bits per heavy atom. The van der Waals surface area contributed by atoms with E-state index in [1.807, 2.05) is 30.5 Å². The lowest BCUT2D eigenvalue weighted by atomic mass is 10.1. The van der Waals surface area contributed by atoms with Crippen LogP contribution in [0.25, 0.3) is 11.4 Å². The molecule has 0 bridgehead atoms. The molecule has 0 unspecified atom stereocenters. The Hall–Kier alpha value is -1.65. The number of nitrogens with two attached hydrogens (primary N) is 1. The van der Waals surface area contributed by atoms with Crippen LogP contribution in [0.1, 0.15) is 25.5 Å². The predicted molar refractivity (Wildman–Crippen MR) is 91.3 cm³/mol. The largest absolute Gasteiger partial charge is 0.369 e. The third-order valence-corrected chi connectivity index (χ3v) is 4.51. The van der Waals surface area contributed by atoms with E-state index in [1.54, 1.807) is 0 Å². The van der Waals surface area contributed by atoms with Gasteiger partial charge in [0.15, 0.2) is 5.82 Å². The van der Waals surface area contributed by atoms with E-state index in [2.05, 4.69) is 16.8 Å². The van der Waals surface area contributed by atoms with Crippen LogP contribution in [0.4, 0.5) is 5.69 Å². The van der Waals surface area contributed by atoms with Gasteiger partial charge in [0.05, 0.1) is 22.6 Å². The van der Waals surface area contributed by atoms with Gasteiger partial charge in [-0.2, -0.15) is 0 Å². The van der Waals surface area contributed by atoms with Crippen LogP contribution >= 0.6 is 11.6 Å². The maximum Gasteiger partial charge on any atom is 0.161 e. The van der Waals surface area contributed by atoms with Gasteiger partial charge in [-0.1, -0.05) is 30.7 Å². The molecule has 0 saturated carbocycles. The zero-order chi connectivity index (χ0) is 15.5. The van der Waals surface area contributed by atoms with Crippen molar-refractivity contribution in [2.45, 2.75) is 32.2 Å². The van der Waals surface area contributed by atoms with Crippen molar-refractivity contribution in [3.63, 3.8) is 0 Å². The molecule has 116 valence electrons. The quantitative estimate of drug-likeness (QED) is 0.944. The number of nitrogens with zero attached hydrogens (tertiary/aromatic N) is 3. The van der Waals surface area contributed by atoms with Crippen molar-refractivity contribution in [3.8, 4) is 11.4 Å². The number of rotatable bonds is 3. The Morgan fingerprint density at radius 2 is 2.00 bits per heavy atom. The second kappa shape index (κ2) is 6.63. The molecule has 4 nitrogen and oxygen atoms in total. The molecule has 5 heteroatoms. The van der Waals surface area contributed by atoms with E-state index < -0.39 is 0 Å². The molecule has 1 aliphatic rings. The van der Waals surface area contributed by atoms with Gasteiger partial charge in [-0.15, -0.1) is 0 Å². The van der Waals surface area contributed by atoms with Crippen molar-refractivity contribution in [1.82, 2.24) is 9.97 Å². The fourth-order valence-electron chi connectivity index (χ4n) is 2.85. The molecule has 2 heterocycles. The molecular weight excluding hydrogens is 296 g/mol. The van der Waals surface area contributed by atoms with Crippen LogP contribution in [0, 0.1) is 0 Å². The summed E-state index contributed by atoms with van der Waals surface area (Å²) in [6.07, 6.45) is 4.85. The summed E-state index contributed by atoms with van der Waals surface area (Å²) < 4.78 is 0. The zero-order valence-corrected chi connectivity index (χ0v) is 13.6. The highest BCUT2D eigenvalue weighted by Crippen LogP contribution is 2.28. The Bertz CT molecular complexity index is 651. The number of halogens is 1. The SMILES string of the molecule is CCc1nc(-c2ccccc2Cl)ncc1N1CCC(N)CC1. The van der Waals surface area contributed by atoms with Gasteiger partial charge < -0.3 is 10.6 Å². The summed E-state index contributed by atoms with van der Waals surface area (Å²) >= 11 is 6.25. The van der Waals surface area contributed by atoms with Crippen LogP contribution in [-0.4, -0.2) is 29.1 Å². The number of benzene rings is 1. The van der Waals surface area contributed by atoms with E-state index in [-0.39, 0.29) is 0 Å². The van der Waals surface area contributed by atoms with Crippen LogP contribution in [0.3, 0.4) is 0 Å². The third-order valence-electron chi connectivity index (χ3n) is 4.18. The van der Waals surface area contributed by atoms with Crippen molar-refractivity contribution >= 4 is 17.3 Å². The fraction of sp³-hybridized carbons (Fsp3) is 0.412. The van der Waals surface area contributed by atoms with E-state index in [0.717, 1.165) is 49.3 Å². The molecule has 2 N–H and O–H groups in total. The van der Waals surface area contributed by atoms with Gasteiger partial charge in [-0.05, 0) is 31.4 Å². The number of hydrogen-bond acceptors (Lipinski definition) is 4. The molecule has 1 saturated heterocycles. The summed E-state index contributed by atoms with van der Waals surface area (Å²) in [5.74, 6) is 0.694. The first-order valence-corrected chi connectivity index (χ1v) is 8.18. The van der Waals surface area contributed by atoms with Crippen LogP contribution in [0.5, 0.6) is 0 Å². The number of piperidine rings is 1. The minimum atomic E-state index is 0.324. The van der Waals surface area contributed by atoms with E-state index >= 15 is 0 Å². The molecule has 22 heavy (non-hydrogen) atoms. The molecule has 1 aromatic carbocycles. The molecular formula is C17H21ClN4. The molecule has 1 fully saturated rings. The van der Waals surface area contributed by atoms with Gasteiger partial charge in [0.2, 0.25) is 0 Å². The highest BCUT2D eigenvalue weighted by Gasteiger charge is 2.20. The lowest BCUT2D eigenvalue weighted by molar-refractivity contribution is 0.499.